The lowest BCUT2D eigenvalue weighted by Gasteiger charge is -2.16. The summed E-state index contributed by atoms with van der Waals surface area (Å²) < 4.78 is 5.21. The summed E-state index contributed by atoms with van der Waals surface area (Å²) in [6.45, 7) is 11.8. The van der Waals surface area contributed by atoms with Gasteiger partial charge in [-0.3, -0.25) is 4.79 Å². The predicted octanol–water partition coefficient (Wildman–Crippen LogP) is 3.85. The van der Waals surface area contributed by atoms with E-state index >= 15 is 0 Å². The second-order valence-corrected chi connectivity index (χ2v) is 7.37. The first-order chi connectivity index (χ1) is 9.11. The molecule has 1 amide bonds. The maximum atomic E-state index is 11.9. The zero-order valence-corrected chi connectivity index (χ0v) is 13.8. The molecule has 0 aliphatic rings. The highest BCUT2D eigenvalue weighted by atomic mass is 32.1. The van der Waals surface area contributed by atoms with E-state index in [0.29, 0.717) is 22.4 Å². The maximum Gasteiger partial charge on any atom is 0.348 e. The number of ether oxygens (including phenoxy) is 1. The van der Waals surface area contributed by atoms with Crippen molar-refractivity contribution in [2.75, 3.05) is 11.9 Å². The third kappa shape index (κ3) is 4.63. The molecule has 0 aliphatic heterocycles. The van der Waals surface area contributed by atoms with Crippen molar-refractivity contribution in [3.05, 3.63) is 16.5 Å². The number of anilines is 1. The van der Waals surface area contributed by atoms with Crippen LogP contribution in [0.1, 0.15) is 49.9 Å². The van der Waals surface area contributed by atoms with Crippen LogP contribution in [0.15, 0.2) is 6.07 Å². The van der Waals surface area contributed by atoms with E-state index in [2.05, 4.69) is 5.32 Å². The molecule has 1 heterocycles. The second kappa shape index (κ2) is 6.39. The summed E-state index contributed by atoms with van der Waals surface area (Å²) >= 11 is 1.26. The van der Waals surface area contributed by atoms with E-state index in [-0.39, 0.29) is 11.9 Å². The molecule has 1 aromatic heterocycles. The van der Waals surface area contributed by atoms with Gasteiger partial charge in [0, 0.05) is 5.41 Å². The fourth-order valence-electron chi connectivity index (χ4n) is 1.35. The number of hydrogen-bond donors (Lipinski definition) is 1. The standard InChI is InChI=1S/C15H23NO3S/c1-9(2)8-19-13(17)12-10(3)7-11(20-12)16-14(18)15(4,5)6/h7,9H,8H2,1-6H3,(H,16,18). The molecular weight excluding hydrogens is 274 g/mol. The Hall–Kier alpha value is -1.36. The Bertz CT molecular complexity index is 498. The molecule has 20 heavy (non-hydrogen) atoms. The highest BCUT2D eigenvalue weighted by molar-refractivity contribution is 7.18. The van der Waals surface area contributed by atoms with Crippen LogP contribution in [0.3, 0.4) is 0 Å². The Morgan fingerprint density at radius 1 is 1.35 bits per heavy atom. The zero-order valence-electron chi connectivity index (χ0n) is 13.0. The van der Waals surface area contributed by atoms with Crippen molar-refractivity contribution >= 4 is 28.2 Å². The van der Waals surface area contributed by atoms with Crippen molar-refractivity contribution in [1.29, 1.82) is 0 Å². The molecule has 1 N–H and O–H groups in total. The minimum Gasteiger partial charge on any atom is -0.461 e. The Labute approximate surface area is 124 Å². The summed E-state index contributed by atoms with van der Waals surface area (Å²) in [5, 5.41) is 3.51. The van der Waals surface area contributed by atoms with Crippen molar-refractivity contribution in [3.8, 4) is 0 Å². The quantitative estimate of drug-likeness (QED) is 0.859. The van der Waals surface area contributed by atoms with Gasteiger partial charge < -0.3 is 10.1 Å². The van der Waals surface area contributed by atoms with Crippen molar-refractivity contribution in [3.63, 3.8) is 0 Å². The molecule has 5 heteroatoms. The highest BCUT2D eigenvalue weighted by Crippen LogP contribution is 2.29. The molecule has 0 saturated heterocycles. The van der Waals surface area contributed by atoms with Crippen LogP contribution in [-0.2, 0) is 9.53 Å². The molecule has 0 spiro atoms. The second-order valence-electron chi connectivity index (χ2n) is 6.32. The van der Waals surface area contributed by atoms with Gasteiger partial charge in [-0.2, -0.15) is 0 Å². The maximum absolute atomic E-state index is 11.9. The van der Waals surface area contributed by atoms with Crippen LogP contribution in [0.4, 0.5) is 5.00 Å². The smallest absolute Gasteiger partial charge is 0.348 e. The van der Waals surface area contributed by atoms with Crippen molar-refractivity contribution in [2.45, 2.75) is 41.5 Å². The number of carbonyl (C=O) groups excluding carboxylic acids is 2. The van der Waals surface area contributed by atoms with Gasteiger partial charge in [0.2, 0.25) is 5.91 Å². The summed E-state index contributed by atoms with van der Waals surface area (Å²) in [5.41, 5.74) is 0.365. The molecule has 0 unspecified atom stereocenters. The number of aryl methyl sites for hydroxylation is 1. The van der Waals surface area contributed by atoms with Crippen LogP contribution in [0.25, 0.3) is 0 Å². The monoisotopic (exact) mass is 297 g/mol. The van der Waals surface area contributed by atoms with Crippen LogP contribution in [-0.4, -0.2) is 18.5 Å². The van der Waals surface area contributed by atoms with Gasteiger partial charge in [-0.1, -0.05) is 34.6 Å². The number of rotatable bonds is 4. The topological polar surface area (TPSA) is 55.4 Å². The van der Waals surface area contributed by atoms with Gasteiger partial charge >= 0.3 is 5.97 Å². The Kier molecular flexibility index (Phi) is 5.34. The van der Waals surface area contributed by atoms with Gasteiger partial charge in [0.25, 0.3) is 0 Å². The van der Waals surface area contributed by atoms with Gasteiger partial charge in [0.05, 0.1) is 11.6 Å². The molecule has 1 rings (SSSR count). The van der Waals surface area contributed by atoms with E-state index in [4.69, 9.17) is 4.74 Å². The lowest BCUT2D eigenvalue weighted by Crippen LogP contribution is -2.27. The summed E-state index contributed by atoms with van der Waals surface area (Å²) in [6, 6.07) is 1.81. The average Bonchev–Trinajstić information content (AvgIpc) is 2.66. The Balaban J connectivity index is 2.78. The summed E-state index contributed by atoms with van der Waals surface area (Å²) in [7, 11) is 0. The number of esters is 1. The van der Waals surface area contributed by atoms with E-state index in [1.54, 1.807) is 6.07 Å². The molecule has 0 fully saturated rings. The minimum atomic E-state index is -0.462. The van der Waals surface area contributed by atoms with Crippen LogP contribution in [0.2, 0.25) is 0 Å². The normalized spacial score (nSPS) is 11.6. The van der Waals surface area contributed by atoms with Gasteiger partial charge in [0.1, 0.15) is 4.88 Å². The van der Waals surface area contributed by atoms with Gasteiger partial charge in [-0.05, 0) is 24.5 Å². The zero-order chi connectivity index (χ0) is 15.5. The number of hydrogen-bond acceptors (Lipinski definition) is 4. The Morgan fingerprint density at radius 3 is 2.45 bits per heavy atom. The first-order valence-electron chi connectivity index (χ1n) is 6.70. The minimum absolute atomic E-state index is 0.0687. The molecule has 0 atom stereocenters. The molecule has 0 aromatic carbocycles. The molecule has 4 nitrogen and oxygen atoms in total. The molecule has 1 aromatic rings. The van der Waals surface area contributed by atoms with Crippen molar-refractivity contribution < 1.29 is 14.3 Å². The van der Waals surface area contributed by atoms with Gasteiger partial charge in [0.15, 0.2) is 0 Å². The molecule has 0 radical (unpaired) electrons. The number of amides is 1. The summed E-state index contributed by atoms with van der Waals surface area (Å²) in [6.07, 6.45) is 0. The lowest BCUT2D eigenvalue weighted by atomic mass is 9.96. The molecular formula is C15H23NO3S. The summed E-state index contributed by atoms with van der Waals surface area (Å²) in [4.78, 5) is 24.4. The van der Waals surface area contributed by atoms with E-state index in [0.717, 1.165) is 5.56 Å². The fraction of sp³-hybridized carbons (Fsp3) is 0.600. The van der Waals surface area contributed by atoms with Crippen molar-refractivity contribution in [1.82, 2.24) is 0 Å². The number of thiophene rings is 1. The van der Waals surface area contributed by atoms with Crippen LogP contribution >= 0.6 is 11.3 Å². The Morgan fingerprint density at radius 2 is 1.95 bits per heavy atom. The van der Waals surface area contributed by atoms with E-state index in [1.165, 1.54) is 11.3 Å². The number of nitrogens with one attached hydrogen (secondary N) is 1. The van der Waals surface area contributed by atoms with Crippen molar-refractivity contribution in [2.24, 2.45) is 11.3 Å². The first-order valence-corrected chi connectivity index (χ1v) is 7.52. The average molecular weight is 297 g/mol. The fourth-order valence-corrected chi connectivity index (χ4v) is 2.32. The predicted molar refractivity (Wildman–Crippen MR) is 82.3 cm³/mol. The largest absolute Gasteiger partial charge is 0.461 e. The first kappa shape index (κ1) is 16.7. The molecule has 0 aliphatic carbocycles. The molecule has 0 bridgehead atoms. The number of carbonyl (C=O) groups is 2. The van der Waals surface area contributed by atoms with Gasteiger partial charge in [-0.15, -0.1) is 11.3 Å². The third-order valence-corrected chi connectivity index (χ3v) is 3.70. The van der Waals surface area contributed by atoms with E-state index in [1.807, 2.05) is 41.5 Å². The SMILES string of the molecule is Cc1cc(NC(=O)C(C)(C)C)sc1C(=O)OCC(C)C. The highest BCUT2D eigenvalue weighted by Gasteiger charge is 2.23. The van der Waals surface area contributed by atoms with Crippen LogP contribution in [0, 0.1) is 18.3 Å². The van der Waals surface area contributed by atoms with Gasteiger partial charge in [-0.25, -0.2) is 4.79 Å². The van der Waals surface area contributed by atoms with E-state index in [9.17, 15) is 9.59 Å². The molecule has 0 saturated carbocycles. The van der Waals surface area contributed by atoms with Crippen LogP contribution in [0.5, 0.6) is 0 Å². The third-order valence-electron chi connectivity index (χ3n) is 2.57. The van der Waals surface area contributed by atoms with E-state index < -0.39 is 5.41 Å². The van der Waals surface area contributed by atoms with Crippen LogP contribution < -0.4 is 5.32 Å². The lowest BCUT2D eigenvalue weighted by molar-refractivity contribution is -0.123. The summed E-state index contributed by atoms with van der Waals surface area (Å²) in [5.74, 6) is -0.0856. The molecule has 112 valence electrons.